The Kier molecular flexibility index (Phi) is 6.02. The largest absolute Gasteiger partial charge is 0.372 e. The number of amides is 2. The van der Waals surface area contributed by atoms with Crippen LogP contribution in [0.15, 0.2) is 48.5 Å². The minimum Gasteiger partial charge on any atom is -0.372 e. The summed E-state index contributed by atoms with van der Waals surface area (Å²) in [6.45, 7) is 8.54. The molecule has 1 aliphatic carbocycles. The van der Waals surface area contributed by atoms with Crippen molar-refractivity contribution < 1.29 is 9.59 Å². The fourth-order valence-electron chi connectivity index (χ4n) is 3.45. The van der Waals surface area contributed by atoms with Crippen LogP contribution in [0.2, 0.25) is 0 Å². The van der Waals surface area contributed by atoms with Gasteiger partial charge in [0.05, 0.1) is 0 Å². The van der Waals surface area contributed by atoms with Crippen LogP contribution in [0, 0.1) is 12.3 Å². The van der Waals surface area contributed by atoms with Gasteiger partial charge in [-0.15, -0.1) is 0 Å². The lowest BCUT2D eigenvalue weighted by molar-refractivity contribution is -0.134. The second-order valence-corrected chi connectivity index (χ2v) is 7.38. The van der Waals surface area contributed by atoms with E-state index >= 15 is 0 Å². The first kappa shape index (κ1) is 19.9. The molecule has 148 valence electrons. The molecule has 0 aromatic heterocycles. The number of anilines is 2. The first-order valence-electron chi connectivity index (χ1n) is 9.99. The monoisotopic (exact) mass is 379 g/mol. The molecule has 1 fully saturated rings. The highest BCUT2D eigenvalue weighted by atomic mass is 16.2. The zero-order chi connectivity index (χ0) is 20.1. The predicted octanol–water partition coefficient (Wildman–Crippen LogP) is 3.88. The maximum atomic E-state index is 12.9. The lowest BCUT2D eigenvalue weighted by Crippen LogP contribution is -2.39. The van der Waals surface area contributed by atoms with E-state index in [1.807, 2.05) is 49.4 Å². The molecule has 5 heteroatoms. The highest BCUT2D eigenvalue weighted by Crippen LogP contribution is 2.47. The molecule has 0 unspecified atom stereocenters. The average molecular weight is 380 g/mol. The maximum Gasteiger partial charge on any atom is 0.240 e. The average Bonchev–Trinajstić information content (AvgIpc) is 3.52. The van der Waals surface area contributed by atoms with Gasteiger partial charge in [-0.3, -0.25) is 9.59 Å². The number of rotatable bonds is 8. The Balaban J connectivity index is 1.64. The molecule has 2 amide bonds. The van der Waals surface area contributed by atoms with E-state index in [4.69, 9.17) is 0 Å². The minimum atomic E-state index is -0.932. The molecule has 0 radical (unpaired) electrons. The van der Waals surface area contributed by atoms with E-state index in [1.165, 1.54) is 0 Å². The van der Waals surface area contributed by atoms with Crippen LogP contribution in [-0.4, -0.2) is 24.9 Å². The fourth-order valence-corrected chi connectivity index (χ4v) is 3.45. The standard InChI is InChI=1S/C23H29N3O2/c1-4-26(5-2)19-11-12-20(17(3)15-19)25-22(28)23(13-14-23)21(27)24-16-18-9-7-6-8-10-18/h6-12,15H,4-5,13-14,16H2,1-3H3,(H,24,27)(H,25,28). The highest BCUT2D eigenvalue weighted by Gasteiger charge is 2.56. The van der Waals surface area contributed by atoms with Crippen molar-refractivity contribution in [3.63, 3.8) is 0 Å². The molecule has 0 saturated heterocycles. The van der Waals surface area contributed by atoms with Crippen molar-refractivity contribution in [3.05, 3.63) is 59.7 Å². The van der Waals surface area contributed by atoms with Crippen LogP contribution in [0.25, 0.3) is 0 Å². The van der Waals surface area contributed by atoms with Gasteiger partial charge in [-0.05, 0) is 62.9 Å². The van der Waals surface area contributed by atoms with Crippen LogP contribution in [0.5, 0.6) is 0 Å². The molecule has 2 aromatic rings. The van der Waals surface area contributed by atoms with Crippen molar-refractivity contribution in [3.8, 4) is 0 Å². The topological polar surface area (TPSA) is 61.4 Å². The van der Waals surface area contributed by atoms with Crippen LogP contribution in [0.4, 0.5) is 11.4 Å². The van der Waals surface area contributed by atoms with Crippen LogP contribution in [0.3, 0.4) is 0 Å². The number of aryl methyl sites for hydroxylation is 1. The minimum absolute atomic E-state index is 0.189. The van der Waals surface area contributed by atoms with Gasteiger partial charge >= 0.3 is 0 Å². The Bertz CT molecular complexity index is 840. The molecular weight excluding hydrogens is 350 g/mol. The molecule has 0 bridgehead atoms. The van der Waals surface area contributed by atoms with E-state index < -0.39 is 5.41 Å². The lowest BCUT2D eigenvalue weighted by Gasteiger charge is -2.22. The summed E-state index contributed by atoms with van der Waals surface area (Å²) in [6.07, 6.45) is 1.19. The summed E-state index contributed by atoms with van der Waals surface area (Å²) in [5.41, 5.74) is 3.00. The Morgan fingerprint density at radius 2 is 1.68 bits per heavy atom. The summed E-state index contributed by atoms with van der Waals surface area (Å²) >= 11 is 0. The third kappa shape index (κ3) is 4.19. The molecule has 5 nitrogen and oxygen atoms in total. The summed E-state index contributed by atoms with van der Waals surface area (Å²) < 4.78 is 0. The van der Waals surface area contributed by atoms with Crippen molar-refractivity contribution in [1.29, 1.82) is 0 Å². The predicted molar refractivity (Wildman–Crippen MR) is 113 cm³/mol. The molecule has 0 heterocycles. The molecule has 1 saturated carbocycles. The van der Waals surface area contributed by atoms with Crippen molar-refractivity contribution >= 4 is 23.2 Å². The normalized spacial score (nSPS) is 14.2. The molecule has 0 aliphatic heterocycles. The molecule has 0 spiro atoms. The van der Waals surface area contributed by atoms with E-state index in [9.17, 15) is 9.59 Å². The van der Waals surface area contributed by atoms with Crippen LogP contribution < -0.4 is 15.5 Å². The Morgan fingerprint density at radius 3 is 2.25 bits per heavy atom. The number of hydrogen-bond acceptors (Lipinski definition) is 3. The number of nitrogens with one attached hydrogen (secondary N) is 2. The van der Waals surface area contributed by atoms with Crippen LogP contribution in [0.1, 0.15) is 37.8 Å². The van der Waals surface area contributed by atoms with E-state index in [0.717, 1.165) is 35.6 Å². The van der Waals surface area contributed by atoms with Crippen molar-refractivity contribution in [2.75, 3.05) is 23.3 Å². The van der Waals surface area contributed by atoms with Gasteiger partial charge in [-0.1, -0.05) is 30.3 Å². The molecular formula is C23H29N3O2. The first-order chi connectivity index (χ1) is 13.5. The Labute approximate surface area is 167 Å². The zero-order valence-electron chi connectivity index (χ0n) is 16.9. The summed E-state index contributed by atoms with van der Waals surface area (Å²) in [4.78, 5) is 27.8. The molecule has 0 atom stereocenters. The lowest BCUT2D eigenvalue weighted by atomic mass is 10.0. The van der Waals surface area contributed by atoms with Gasteiger partial charge in [0.1, 0.15) is 5.41 Å². The number of nitrogens with zero attached hydrogens (tertiary/aromatic N) is 1. The number of benzene rings is 2. The smallest absolute Gasteiger partial charge is 0.240 e. The fraction of sp³-hybridized carbons (Fsp3) is 0.391. The van der Waals surface area contributed by atoms with Crippen LogP contribution >= 0.6 is 0 Å². The number of carbonyl (C=O) groups is 2. The van der Waals surface area contributed by atoms with Crippen molar-refractivity contribution in [2.24, 2.45) is 5.41 Å². The second-order valence-electron chi connectivity index (χ2n) is 7.38. The highest BCUT2D eigenvalue weighted by molar-refractivity contribution is 6.13. The van der Waals surface area contributed by atoms with Gasteiger partial charge in [-0.25, -0.2) is 0 Å². The third-order valence-corrected chi connectivity index (χ3v) is 5.50. The second kappa shape index (κ2) is 8.46. The molecule has 2 aromatic carbocycles. The van der Waals surface area contributed by atoms with E-state index in [2.05, 4.69) is 35.4 Å². The van der Waals surface area contributed by atoms with Gasteiger partial charge < -0.3 is 15.5 Å². The molecule has 1 aliphatic rings. The summed E-state index contributed by atoms with van der Waals surface area (Å²) in [7, 11) is 0. The summed E-state index contributed by atoms with van der Waals surface area (Å²) in [5, 5.41) is 5.89. The van der Waals surface area contributed by atoms with Gasteiger partial charge in [-0.2, -0.15) is 0 Å². The Morgan fingerprint density at radius 1 is 1.00 bits per heavy atom. The third-order valence-electron chi connectivity index (χ3n) is 5.50. The first-order valence-corrected chi connectivity index (χ1v) is 9.99. The zero-order valence-corrected chi connectivity index (χ0v) is 16.9. The number of carbonyl (C=O) groups excluding carboxylic acids is 2. The molecule has 2 N–H and O–H groups in total. The van der Waals surface area contributed by atoms with Crippen LogP contribution in [-0.2, 0) is 16.1 Å². The quantitative estimate of drug-likeness (QED) is 0.685. The molecule has 3 rings (SSSR count). The van der Waals surface area contributed by atoms with Gasteiger partial charge in [0.15, 0.2) is 0 Å². The van der Waals surface area contributed by atoms with Gasteiger partial charge in [0.25, 0.3) is 0 Å². The molecule has 28 heavy (non-hydrogen) atoms. The van der Waals surface area contributed by atoms with Gasteiger partial charge in [0, 0.05) is 31.0 Å². The van der Waals surface area contributed by atoms with E-state index in [-0.39, 0.29) is 11.8 Å². The summed E-state index contributed by atoms with van der Waals surface area (Å²) in [5.74, 6) is -0.400. The van der Waals surface area contributed by atoms with E-state index in [0.29, 0.717) is 19.4 Å². The Hall–Kier alpha value is -2.82. The SMILES string of the molecule is CCN(CC)c1ccc(NC(=O)C2(C(=O)NCc3ccccc3)CC2)c(C)c1. The van der Waals surface area contributed by atoms with Gasteiger partial charge in [0.2, 0.25) is 11.8 Å². The van der Waals surface area contributed by atoms with Crippen molar-refractivity contribution in [2.45, 2.75) is 40.2 Å². The number of hydrogen-bond donors (Lipinski definition) is 2. The van der Waals surface area contributed by atoms with Crippen molar-refractivity contribution in [1.82, 2.24) is 5.32 Å². The maximum absolute atomic E-state index is 12.9. The van der Waals surface area contributed by atoms with E-state index in [1.54, 1.807) is 0 Å². The summed E-state index contributed by atoms with van der Waals surface area (Å²) in [6, 6.07) is 15.8.